The lowest BCUT2D eigenvalue weighted by molar-refractivity contribution is -0.117. The van der Waals surface area contributed by atoms with Crippen molar-refractivity contribution in [2.75, 3.05) is 5.32 Å². The van der Waals surface area contributed by atoms with E-state index in [1.54, 1.807) is 37.5 Å². The monoisotopic (exact) mass is 347 g/mol. The molecule has 0 spiro atoms. The molecule has 2 amide bonds. The molecule has 0 saturated carbocycles. The van der Waals surface area contributed by atoms with E-state index in [9.17, 15) is 9.59 Å². The number of hydrogen-bond donors (Lipinski definition) is 4. The Morgan fingerprint density at radius 1 is 1.04 bits per heavy atom. The van der Waals surface area contributed by atoms with Gasteiger partial charge in [-0.3, -0.25) is 14.7 Å². The molecule has 0 aliphatic carbocycles. The number of hydrogen-bond acceptors (Lipinski definition) is 3. The van der Waals surface area contributed by atoms with Crippen molar-refractivity contribution < 1.29 is 9.59 Å². The normalized spacial score (nSPS) is 12.2. The van der Waals surface area contributed by atoms with Crippen LogP contribution in [0.15, 0.2) is 54.9 Å². The maximum absolute atomic E-state index is 12.6. The fourth-order valence-electron chi connectivity index (χ4n) is 2.94. The van der Waals surface area contributed by atoms with Crippen LogP contribution in [0.5, 0.6) is 0 Å². The highest BCUT2D eigenvalue weighted by molar-refractivity contribution is 6.09. The number of amides is 2. The second kappa shape index (κ2) is 6.36. The number of rotatable bonds is 4. The highest BCUT2D eigenvalue weighted by Crippen LogP contribution is 2.21. The number of anilines is 1. The topological polar surface area (TPSA) is 103 Å². The van der Waals surface area contributed by atoms with Crippen molar-refractivity contribution in [3.8, 4) is 0 Å². The number of nitrogens with one attached hydrogen (secondary N) is 4. The third-order valence-corrected chi connectivity index (χ3v) is 4.32. The Hall–Kier alpha value is -3.61. The second-order valence-electron chi connectivity index (χ2n) is 6.07. The summed E-state index contributed by atoms with van der Waals surface area (Å²) in [4.78, 5) is 28.1. The first-order valence-electron chi connectivity index (χ1n) is 8.23. The van der Waals surface area contributed by atoms with Gasteiger partial charge in [-0.1, -0.05) is 12.1 Å². The van der Waals surface area contributed by atoms with Gasteiger partial charge in [-0.05, 0) is 37.3 Å². The lowest BCUT2D eigenvalue weighted by Gasteiger charge is -2.15. The zero-order chi connectivity index (χ0) is 18.1. The third-order valence-electron chi connectivity index (χ3n) is 4.32. The highest BCUT2D eigenvalue weighted by Gasteiger charge is 2.19. The predicted octanol–water partition coefficient (Wildman–Crippen LogP) is 2.80. The van der Waals surface area contributed by atoms with Crippen LogP contribution < -0.4 is 10.6 Å². The summed E-state index contributed by atoms with van der Waals surface area (Å²) >= 11 is 0. The van der Waals surface area contributed by atoms with Crippen LogP contribution in [0.3, 0.4) is 0 Å². The summed E-state index contributed by atoms with van der Waals surface area (Å²) in [6.45, 7) is 1.65. The summed E-state index contributed by atoms with van der Waals surface area (Å²) in [5, 5.41) is 14.1. The maximum atomic E-state index is 12.6. The summed E-state index contributed by atoms with van der Waals surface area (Å²) < 4.78 is 0. The molecule has 0 radical (unpaired) electrons. The van der Waals surface area contributed by atoms with Gasteiger partial charge in [-0.25, -0.2) is 0 Å². The van der Waals surface area contributed by atoms with Gasteiger partial charge in [0.05, 0.1) is 17.4 Å². The molecule has 0 saturated heterocycles. The quantitative estimate of drug-likeness (QED) is 0.456. The molecule has 0 aliphatic heterocycles. The average molecular weight is 347 g/mol. The van der Waals surface area contributed by atoms with Gasteiger partial charge in [0.2, 0.25) is 5.91 Å². The molecule has 4 N–H and O–H groups in total. The van der Waals surface area contributed by atoms with E-state index in [0.29, 0.717) is 11.3 Å². The van der Waals surface area contributed by atoms with Gasteiger partial charge < -0.3 is 15.6 Å². The molecular weight excluding hydrogens is 330 g/mol. The van der Waals surface area contributed by atoms with E-state index >= 15 is 0 Å². The van der Waals surface area contributed by atoms with Gasteiger partial charge in [0, 0.05) is 28.0 Å². The Balaban J connectivity index is 1.50. The molecule has 7 nitrogen and oxygen atoms in total. The Kier molecular flexibility index (Phi) is 3.89. The minimum atomic E-state index is -0.696. The molecule has 1 unspecified atom stereocenters. The molecule has 130 valence electrons. The van der Waals surface area contributed by atoms with Crippen molar-refractivity contribution in [1.82, 2.24) is 20.5 Å². The van der Waals surface area contributed by atoms with E-state index in [1.807, 2.05) is 24.3 Å². The van der Waals surface area contributed by atoms with E-state index in [4.69, 9.17) is 0 Å². The van der Waals surface area contributed by atoms with E-state index in [2.05, 4.69) is 25.8 Å². The van der Waals surface area contributed by atoms with Crippen LogP contribution in [0.4, 0.5) is 5.69 Å². The largest absolute Gasteiger partial charge is 0.361 e. The molecule has 0 fully saturated rings. The van der Waals surface area contributed by atoms with Gasteiger partial charge >= 0.3 is 0 Å². The second-order valence-corrected chi connectivity index (χ2v) is 6.07. The summed E-state index contributed by atoms with van der Waals surface area (Å²) in [5.74, 6) is -0.590. The number of fused-ring (bicyclic) bond motifs is 2. The number of benzene rings is 2. The predicted molar refractivity (Wildman–Crippen MR) is 100.0 cm³/mol. The van der Waals surface area contributed by atoms with Crippen molar-refractivity contribution in [1.29, 1.82) is 0 Å². The van der Waals surface area contributed by atoms with Crippen LogP contribution in [-0.4, -0.2) is 33.0 Å². The number of H-pyrrole nitrogens is 2. The summed E-state index contributed by atoms with van der Waals surface area (Å²) in [6.07, 6.45) is 3.43. The molecule has 0 aliphatic rings. The fourth-order valence-corrected chi connectivity index (χ4v) is 2.94. The maximum Gasteiger partial charge on any atom is 0.252 e. The molecule has 4 aromatic rings. The zero-order valence-electron chi connectivity index (χ0n) is 14.0. The van der Waals surface area contributed by atoms with Crippen LogP contribution in [0.1, 0.15) is 17.3 Å². The van der Waals surface area contributed by atoms with Gasteiger partial charge in [0.15, 0.2) is 0 Å². The number of carbonyl (C=O) groups is 2. The number of carbonyl (C=O) groups excluding carboxylic acids is 2. The highest BCUT2D eigenvalue weighted by atomic mass is 16.2. The number of aromatic nitrogens is 3. The summed E-state index contributed by atoms with van der Waals surface area (Å²) in [7, 11) is 0. The van der Waals surface area contributed by atoms with Gasteiger partial charge in [-0.15, -0.1) is 0 Å². The first kappa shape index (κ1) is 15.9. The standard InChI is InChI=1S/C19H17N5O2/c1-11(18(25)23-16-6-3-7-17-14(16)10-21-24-17)22-19(26)13-4-2-5-15-12(13)8-9-20-15/h2-11,20H,1H3,(H,21,24)(H,22,26)(H,23,25). The van der Waals surface area contributed by atoms with Crippen molar-refractivity contribution in [2.24, 2.45) is 0 Å². The molecule has 4 rings (SSSR count). The fraction of sp³-hybridized carbons (Fsp3) is 0.105. The van der Waals surface area contributed by atoms with Crippen LogP contribution in [-0.2, 0) is 4.79 Å². The minimum Gasteiger partial charge on any atom is -0.361 e. The van der Waals surface area contributed by atoms with Gasteiger partial charge in [-0.2, -0.15) is 5.10 Å². The van der Waals surface area contributed by atoms with E-state index in [-0.39, 0.29) is 11.8 Å². The first-order chi connectivity index (χ1) is 12.6. The van der Waals surface area contributed by atoms with E-state index < -0.39 is 6.04 Å². The smallest absolute Gasteiger partial charge is 0.252 e. The summed E-state index contributed by atoms with van der Waals surface area (Å²) in [6, 6.07) is 12.1. The number of aromatic amines is 2. The Labute approximate surface area is 148 Å². The molecule has 2 heterocycles. The van der Waals surface area contributed by atoms with Crippen molar-refractivity contribution >= 4 is 39.3 Å². The minimum absolute atomic E-state index is 0.292. The Morgan fingerprint density at radius 3 is 2.73 bits per heavy atom. The molecular formula is C19H17N5O2. The van der Waals surface area contributed by atoms with Crippen LogP contribution >= 0.6 is 0 Å². The molecule has 2 aromatic heterocycles. The number of nitrogens with zero attached hydrogens (tertiary/aromatic N) is 1. The lowest BCUT2D eigenvalue weighted by Crippen LogP contribution is -2.41. The Morgan fingerprint density at radius 2 is 1.85 bits per heavy atom. The lowest BCUT2D eigenvalue weighted by atomic mass is 10.1. The van der Waals surface area contributed by atoms with Gasteiger partial charge in [0.1, 0.15) is 6.04 Å². The molecule has 2 aromatic carbocycles. The average Bonchev–Trinajstić information content (AvgIpc) is 3.30. The van der Waals surface area contributed by atoms with E-state index in [0.717, 1.165) is 21.8 Å². The van der Waals surface area contributed by atoms with Crippen molar-refractivity contribution in [2.45, 2.75) is 13.0 Å². The molecule has 7 heteroatoms. The first-order valence-corrected chi connectivity index (χ1v) is 8.23. The molecule has 26 heavy (non-hydrogen) atoms. The van der Waals surface area contributed by atoms with E-state index in [1.165, 1.54) is 0 Å². The van der Waals surface area contributed by atoms with Crippen molar-refractivity contribution in [3.05, 3.63) is 60.4 Å². The zero-order valence-corrected chi connectivity index (χ0v) is 14.0. The molecule has 0 bridgehead atoms. The third kappa shape index (κ3) is 2.79. The van der Waals surface area contributed by atoms with Crippen LogP contribution in [0.2, 0.25) is 0 Å². The Bertz CT molecular complexity index is 1110. The van der Waals surface area contributed by atoms with Crippen LogP contribution in [0, 0.1) is 0 Å². The summed E-state index contributed by atoms with van der Waals surface area (Å²) in [5.41, 5.74) is 2.88. The molecule has 1 atom stereocenters. The van der Waals surface area contributed by atoms with Crippen molar-refractivity contribution in [3.63, 3.8) is 0 Å². The SMILES string of the molecule is CC(NC(=O)c1cccc2[nH]ccc12)C(=O)Nc1cccc2[nH]ncc12. The van der Waals surface area contributed by atoms with Gasteiger partial charge in [0.25, 0.3) is 5.91 Å². The van der Waals surface area contributed by atoms with Crippen LogP contribution in [0.25, 0.3) is 21.8 Å².